The Morgan fingerprint density at radius 2 is 1.68 bits per heavy atom. The summed E-state index contributed by atoms with van der Waals surface area (Å²) in [5.41, 5.74) is 0.818. The first-order valence-corrected chi connectivity index (χ1v) is 11.5. The number of unbranched alkanes of at least 4 members (excludes halogenated alkanes) is 3. The Kier molecular flexibility index (Phi) is 6.33. The summed E-state index contributed by atoms with van der Waals surface area (Å²) in [6.45, 7) is 2.28. The van der Waals surface area contributed by atoms with Crippen LogP contribution in [0.15, 0.2) is 30.3 Å². The molecule has 0 aliphatic heterocycles. The van der Waals surface area contributed by atoms with Gasteiger partial charge in [0.05, 0.1) is 0 Å². The topological polar surface area (TPSA) is 0 Å². The van der Waals surface area contributed by atoms with Crippen LogP contribution in [0, 0.1) is 29.4 Å². The minimum absolute atomic E-state index is 0.217. The maximum atomic E-state index is 14.8. The van der Waals surface area contributed by atoms with Crippen molar-refractivity contribution in [3.63, 3.8) is 0 Å². The predicted molar refractivity (Wildman–Crippen MR) is 114 cm³/mol. The van der Waals surface area contributed by atoms with E-state index >= 15 is 0 Å². The van der Waals surface area contributed by atoms with E-state index in [-0.39, 0.29) is 11.6 Å². The predicted octanol–water partition coefficient (Wildman–Crippen LogP) is 8.39. The summed E-state index contributed by atoms with van der Waals surface area (Å²) in [4.78, 5) is 0. The van der Waals surface area contributed by atoms with Crippen molar-refractivity contribution < 1.29 is 8.78 Å². The molecule has 28 heavy (non-hydrogen) atoms. The number of hydrogen-bond donors (Lipinski definition) is 0. The van der Waals surface area contributed by atoms with Gasteiger partial charge >= 0.3 is 0 Å². The SMILES string of the molecule is CCCCCCC1CCC2CC(c3cc4cccc(F)c4cc3F)CCC2C1. The van der Waals surface area contributed by atoms with Gasteiger partial charge in [-0.3, -0.25) is 0 Å². The zero-order valence-electron chi connectivity index (χ0n) is 17.2. The van der Waals surface area contributed by atoms with Crippen LogP contribution in [0.25, 0.3) is 10.8 Å². The van der Waals surface area contributed by atoms with E-state index in [4.69, 9.17) is 0 Å². The lowest BCUT2D eigenvalue weighted by Crippen LogP contribution is -2.30. The minimum Gasteiger partial charge on any atom is -0.207 e. The summed E-state index contributed by atoms with van der Waals surface area (Å²) in [5.74, 6) is 2.29. The van der Waals surface area contributed by atoms with Gasteiger partial charge in [0.15, 0.2) is 0 Å². The van der Waals surface area contributed by atoms with E-state index in [1.165, 1.54) is 69.9 Å². The van der Waals surface area contributed by atoms with Crippen LogP contribution >= 0.6 is 0 Å². The van der Waals surface area contributed by atoms with Crippen LogP contribution < -0.4 is 0 Å². The van der Waals surface area contributed by atoms with Gasteiger partial charge in [-0.2, -0.15) is 0 Å². The van der Waals surface area contributed by atoms with Crippen molar-refractivity contribution in [1.29, 1.82) is 0 Å². The van der Waals surface area contributed by atoms with Crippen LogP contribution in [0.3, 0.4) is 0 Å². The first kappa shape index (κ1) is 19.9. The van der Waals surface area contributed by atoms with Gasteiger partial charge in [-0.25, -0.2) is 8.78 Å². The average Bonchev–Trinajstić information content (AvgIpc) is 2.71. The van der Waals surface area contributed by atoms with Gasteiger partial charge in [0.2, 0.25) is 0 Å². The second kappa shape index (κ2) is 8.93. The van der Waals surface area contributed by atoms with E-state index in [0.29, 0.717) is 11.3 Å². The molecule has 2 aromatic rings. The summed E-state index contributed by atoms with van der Waals surface area (Å²) in [6, 6.07) is 8.36. The molecule has 2 heteroatoms. The zero-order valence-corrected chi connectivity index (χ0v) is 17.2. The van der Waals surface area contributed by atoms with Gasteiger partial charge in [0.1, 0.15) is 11.6 Å². The maximum Gasteiger partial charge on any atom is 0.131 e. The summed E-state index contributed by atoms with van der Waals surface area (Å²) in [5, 5.41) is 1.23. The van der Waals surface area contributed by atoms with Gasteiger partial charge < -0.3 is 0 Å². The third-order valence-electron chi connectivity index (χ3n) is 7.57. The molecule has 152 valence electrons. The van der Waals surface area contributed by atoms with Crippen LogP contribution in [0.5, 0.6) is 0 Å². The zero-order chi connectivity index (χ0) is 19.5. The highest BCUT2D eigenvalue weighted by Gasteiger charge is 2.36. The molecule has 0 amide bonds. The van der Waals surface area contributed by atoms with E-state index in [1.807, 2.05) is 12.1 Å². The Bertz CT molecular complexity index is 796. The molecule has 0 N–H and O–H groups in total. The lowest BCUT2D eigenvalue weighted by atomic mass is 9.63. The van der Waals surface area contributed by atoms with Crippen LogP contribution in [-0.2, 0) is 0 Å². The lowest BCUT2D eigenvalue weighted by Gasteiger charge is -2.42. The molecule has 0 nitrogen and oxygen atoms in total. The quantitative estimate of drug-likeness (QED) is 0.439. The molecule has 0 saturated heterocycles. The number of rotatable bonds is 6. The highest BCUT2D eigenvalue weighted by atomic mass is 19.1. The van der Waals surface area contributed by atoms with Gasteiger partial charge in [0, 0.05) is 5.39 Å². The van der Waals surface area contributed by atoms with Crippen molar-refractivity contribution in [1.82, 2.24) is 0 Å². The Morgan fingerprint density at radius 1 is 0.857 bits per heavy atom. The Morgan fingerprint density at radius 3 is 2.54 bits per heavy atom. The monoisotopic (exact) mass is 384 g/mol. The summed E-state index contributed by atoms with van der Waals surface area (Å²) in [7, 11) is 0. The molecule has 0 bridgehead atoms. The molecular weight excluding hydrogens is 350 g/mol. The lowest BCUT2D eigenvalue weighted by molar-refractivity contribution is 0.112. The van der Waals surface area contributed by atoms with Crippen molar-refractivity contribution in [2.75, 3.05) is 0 Å². The average molecular weight is 385 g/mol. The fourth-order valence-corrected chi connectivity index (χ4v) is 5.98. The van der Waals surface area contributed by atoms with Gasteiger partial charge in [-0.15, -0.1) is 0 Å². The molecule has 4 unspecified atom stereocenters. The van der Waals surface area contributed by atoms with E-state index < -0.39 is 0 Å². The van der Waals surface area contributed by atoms with Crippen molar-refractivity contribution in [3.8, 4) is 0 Å². The highest BCUT2D eigenvalue weighted by molar-refractivity contribution is 5.84. The van der Waals surface area contributed by atoms with E-state index in [9.17, 15) is 8.78 Å². The van der Waals surface area contributed by atoms with E-state index in [0.717, 1.165) is 41.5 Å². The fraction of sp³-hybridized carbons (Fsp3) is 0.615. The molecule has 2 saturated carbocycles. The third kappa shape index (κ3) is 4.26. The van der Waals surface area contributed by atoms with Crippen LogP contribution in [0.4, 0.5) is 8.78 Å². The number of halogens is 2. The molecule has 0 spiro atoms. The van der Waals surface area contributed by atoms with Crippen molar-refractivity contribution in [3.05, 3.63) is 47.5 Å². The van der Waals surface area contributed by atoms with Crippen LogP contribution in [0.1, 0.15) is 89.0 Å². The Hall–Kier alpha value is -1.44. The summed E-state index contributed by atoms with van der Waals surface area (Å²) < 4.78 is 28.8. The van der Waals surface area contributed by atoms with Crippen molar-refractivity contribution in [2.24, 2.45) is 17.8 Å². The van der Waals surface area contributed by atoms with E-state index in [1.54, 1.807) is 6.07 Å². The normalized spacial score (nSPS) is 27.7. The summed E-state index contributed by atoms with van der Waals surface area (Å²) >= 11 is 0. The van der Waals surface area contributed by atoms with Crippen molar-refractivity contribution in [2.45, 2.75) is 83.5 Å². The third-order valence-corrected chi connectivity index (χ3v) is 7.57. The van der Waals surface area contributed by atoms with E-state index in [2.05, 4.69) is 6.92 Å². The second-order valence-electron chi connectivity index (χ2n) is 9.39. The molecule has 2 aromatic carbocycles. The molecule has 2 fully saturated rings. The largest absolute Gasteiger partial charge is 0.207 e. The highest BCUT2D eigenvalue weighted by Crippen LogP contribution is 2.49. The number of hydrogen-bond acceptors (Lipinski definition) is 0. The minimum atomic E-state index is -0.330. The molecule has 2 aliphatic rings. The van der Waals surface area contributed by atoms with Gasteiger partial charge in [-0.05, 0) is 84.9 Å². The molecule has 0 heterocycles. The first-order valence-electron chi connectivity index (χ1n) is 11.5. The molecule has 0 radical (unpaired) electrons. The van der Waals surface area contributed by atoms with Crippen molar-refractivity contribution >= 4 is 10.8 Å². The van der Waals surface area contributed by atoms with Gasteiger partial charge in [0.25, 0.3) is 0 Å². The Labute approximate surface area is 168 Å². The van der Waals surface area contributed by atoms with Crippen LogP contribution in [0.2, 0.25) is 0 Å². The van der Waals surface area contributed by atoms with Gasteiger partial charge in [-0.1, -0.05) is 57.6 Å². The number of benzene rings is 2. The fourth-order valence-electron chi connectivity index (χ4n) is 5.98. The standard InChI is InChI=1S/C26H34F2/c1-2-3-4-5-7-18-10-11-20-15-22(13-12-19(20)14-18)23-16-21-8-6-9-25(27)24(21)17-26(23)28/h6,8-9,16-20,22H,2-5,7,10-15H2,1H3. The molecule has 2 aliphatic carbocycles. The molecule has 0 aromatic heterocycles. The smallest absolute Gasteiger partial charge is 0.131 e. The molecule has 4 atom stereocenters. The number of fused-ring (bicyclic) bond motifs is 2. The second-order valence-corrected chi connectivity index (χ2v) is 9.39. The molecular formula is C26H34F2. The Balaban J connectivity index is 1.40. The summed E-state index contributed by atoms with van der Waals surface area (Å²) in [6.07, 6.45) is 14.4. The first-order chi connectivity index (χ1) is 13.7. The van der Waals surface area contributed by atoms with Crippen LogP contribution in [-0.4, -0.2) is 0 Å². The molecule has 4 rings (SSSR count). The maximum absolute atomic E-state index is 14.8.